The number of carbonyl (C=O) groups excluding carboxylic acids is 2. The SMILES string of the molecule is Cc1sc2nc(CCC(=O)Nc3ccccc3C(=O)NC(C)C)[nH]c(=O)c2c1C. The number of aryl methyl sites for hydroxylation is 3. The van der Waals surface area contributed by atoms with Crippen LogP contribution in [0.1, 0.15) is 46.9 Å². The van der Waals surface area contributed by atoms with Crippen LogP contribution >= 0.6 is 11.3 Å². The molecule has 0 spiro atoms. The normalized spacial score (nSPS) is 11.1. The molecule has 3 N–H and O–H groups in total. The first-order valence-electron chi connectivity index (χ1n) is 9.45. The number of aromatic amines is 1. The maximum absolute atomic E-state index is 12.4. The molecule has 2 heterocycles. The molecular weight excluding hydrogens is 388 g/mol. The van der Waals surface area contributed by atoms with Crippen LogP contribution in [-0.4, -0.2) is 27.8 Å². The molecule has 0 saturated carbocycles. The first kappa shape index (κ1) is 20.7. The Balaban J connectivity index is 1.70. The molecular formula is C21H24N4O3S. The monoisotopic (exact) mass is 412 g/mol. The van der Waals surface area contributed by atoms with Crippen molar-refractivity contribution >= 4 is 39.1 Å². The molecule has 7 nitrogen and oxygen atoms in total. The molecule has 29 heavy (non-hydrogen) atoms. The van der Waals surface area contributed by atoms with Crippen LogP contribution < -0.4 is 16.2 Å². The maximum Gasteiger partial charge on any atom is 0.259 e. The van der Waals surface area contributed by atoms with Crippen LogP contribution in [0, 0.1) is 13.8 Å². The van der Waals surface area contributed by atoms with E-state index in [-0.39, 0.29) is 29.8 Å². The number of thiophene rings is 1. The Labute approximate surface area is 172 Å². The van der Waals surface area contributed by atoms with E-state index in [4.69, 9.17) is 0 Å². The lowest BCUT2D eigenvalue weighted by molar-refractivity contribution is -0.116. The largest absolute Gasteiger partial charge is 0.350 e. The minimum Gasteiger partial charge on any atom is -0.350 e. The Hall–Kier alpha value is -3.00. The molecule has 2 amide bonds. The predicted molar refractivity (Wildman–Crippen MR) is 116 cm³/mol. The number of nitrogens with zero attached hydrogens (tertiary/aromatic N) is 1. The second-order valence-electron chi connectivity index (χ2n) is 7.20. The Morgan fingerprint density at radius 1 is 1.21 bits per heavy atom. The van der Waals surface area contributed by atoms with Gasteiger partial charge in [-0.2, -0.15) is 0 Å². The van der Waals surface area contributed by atoms with E-state index in [1.807, 2.05) is 27.7 Å². The van der Waals surface area contributed by atoms with Crippen molar-refractivity contribution in [3.05, 3.63) is 56.4 Å². The Morgan fingerprint density at radius 3 is 2.66 bits per heavy atom. The fraction of sp³-hybridized carbons (Fsp3) is 0.333. The highest BCUT2D eigenvalue weighted by Gasteiger charge is 2.15. The van der Waals surface area contributed by atoms with Gasteiger partial charge in [-0.25, -0.2) is 4.98 Å². The van der Waals surface area contributed by atoms with Crippen LogP contribution in [-0.2, 0) is 11.2 Å². The standard InChI is InChI=1S/C21H24N4O3S/c1-11(2)22-19(27)14-7-5-6-8-15(14)23-17(26)10-9-16-24-20(28)18-12(3)13(4)29-21(18)25-16/h5-8,11H,9-10H2,1-4H3,(H,22,27)(H,23,26)(H,24,25,28). The third kappa shape index (κ3) is 4.71. The summed E-state index contributed by atoms with van der Waals surface area (Å²) in [6.07, 6.45) is 0.436. The zero-order valence-corrected chi connectivity index (χ0v) is 17.7. The van der Waals surface area contributed by atoms with Crippen LogP contribution in [0.2, 0.25) is 0 Å². The second kappa shape index (κ2) is 8.57. The molecule has 0 unspecified atom stereocenters. The molecule has 0 atom stereocenters. The van der Waals surface area contributed by atoms with Crippen molar-refractivity contribution in [2.24, 2.45) is 0 Å². The molecule has 0 aliphatic heterocycles. The van der Waals surface area contributed by atoms with Crippen LogP contribution in [0.5, 0.6) is 0 Å². The van der Waals surface area contributed by atoms with Crippen molar-refractivity contribution in [2.45, 2.75) is 46.6 Å². The van der Waals surface area contributed by atoms with Gasteiger partial charge in [-0.15, -0.1) is 11.3 Å². The summed E-state index contributed by atoms with van der Waals surface area (Å²) >= 11 is 1.48. The zero-order chi connectivity index (χ0) is 21.1. The fourth-order valence-electron chi connectivity index (χ4n) is 2.99. The molecule has 8 heteroatoms. The van der Waals surface area contributed by atoms with E-state index in [0.29, 0.717) is 33.7 Å². The summed E-state index contributed by atoms with van der Waals surface area (Å²) in [6, 6.07) is 6.86. The highest BCUT2D eigenvalue weighted by Crippen LogP contribution is 2.25. The van der Waals surface area contributed by atoms with E-state index in [2.05, 4.69) is 20.6 Å². The number of hydrogen-bond donors (Lipinski definition) is 3. The quantitative estimate of drug-likeness (QED) is 0.578. The van der Waals surface area contributed by atoms with Crippen molar-refractivity contribution in [3.63, 3.8) is 0 Å². The van der Waals surface area contributed by atoms with Gasteiger partial charge in [0.15, 0.2) is 0 Å². The number of benzene rings is 1. The van der Waals surface area contributed by atoms with Gasteiger partial charge in [-0.1, -0.05) is 12.1 Å². The van der Waals surface area contributed by atoms with E-state index in [1.54, 1.807) is 24.3 Å². The Kier molecular flexibility index (Phi) is 6.12. The van der Waals surface area contributed by atoms with Crippen molar-refractivity contribution in [2.75, 3.05) is 5.32 Å². The van der Waals surface area contributed by atoms with Crippen LogP contribution in [0.4, 0.5) is 5.69 Å². The first-order chi connectivity index (χ1) is 13.8. The number of amides is 2. The first-order valence-corrected chi connectivity index (χ1v) is 10.3. The van der Waals surface area contributed by atoms with Gasteiger partial charge in [0.05, 0.1) is 16.6 Å². The maximum atomic E-state index is 12.4. The van der Waals surface area contributed by atoms with Crippen LogP contribution in [0.25, 0.3) is 10.2 Å². The van der Waals surface area contributed by atoms with Gasteiger partial charge in [-0.3, -0.25) is 14.4 Å². The number of para-hydroxylation sites is 1. The molecule has 0 aliphatic carbocycles. The lowest BCUT2D eigenvalue weighted by Crippen LogP contribution is -2.31. The van der Waals surface area contributed by atoms with Crippen LogP contribution in [0.3, 0.4) is 0 Å². The molecule has 2 aromatic heterocycles. The number of rotatable bonds is 6. The number of aromatic nitrogens is 2. The Morgan fingerprint density at radius 2 is 1.93 bits per heavy atom. The second-order valence-corrected chi connectivity index (χ2v) is 8.40. The van der Waals surface area contributed by atoms with Crippen molar-refractivity contribution in [1.29, 1.82) is 0 Å². The zero-order valence-electron chi connectivity index (χ0n) is 16.9. The van der Waals surface area contributed by atoms with Gasteiger partial charge >= 0.3 is 0 Å². The van der Waals surface area contributed by atoms with Crippen molar-refractivity contribution in [3.8, 4) is 0 Å². The summed E-state index contributed by atoms with van der Waals surface area (Å²) in [7, 11) is 0. The number of hydrogen-bond acceptors (Lipinski definition) is 5. The molecule has 3 rings (SSSR count). The summed E-state index contributed by atoms with van der Waals surface area (Å²) in [4.78, 5) is 46.1. The summed E-state index contributed by atoms with van der Waals surface area (Å²) < 4.78 is 0. The van der Waals surface area contributed by atoms with Gasteiger partial charge in [-0.05, 0) is 45.4 Å². The average molecular weight is 413 g/mol. The highest BCUT2D eigenvalue weighted by molar-refractivity contribution is 7.18. The Bertz CT molecular complexity index is 1130. The topological polar surface area (TPSA) is 104 Å². The van der Waals surface area contributed by atoms with E-state index in [9.17, 15) is 14.4 Å². The molecule has 152 valence electrons. The molecule has 0 saturated heterocycles. The summed E-state index contributed by atoms with van der Waals surface area (Å²) in [5, 5.41) is 6.22. The third-order valence-corrected chi connectivity index (χ3v) is 5.64. The van der Waals surface area contributed by atoms with Gasteiger partial charge in [0.1, 0.15) is 10.7 Å². The van der Waals surface area contributed by atoms with E-state index < -0.39 is 0 Å². The van der Waals surface area contributed by atoms with Crippen molar-refractivity contribution < 1.29 is 9.59 Å². The lowest BCUT2D eigenvalue weighted by Gasteiger charge is -2.13. The predicted octanol–water partition coefficient (Wildman–Crippen LogP) is 3.31. The smallest absolute Gasteiger partial charge is 0.259 e. The average Bonchev–Trinajstić information content (AvgIpc) is 2.94. The number of nitrogens with one attached hydrogen (secondary N) is 3. The highest BCUT2D eigenvalue weighted by atomic mass is 32.1. The molecule has 0 aliphatic rings. The van der Waals surface area contributed by atoms with Gasteiger partial charge in [0, 0.05) is 23.8 Å². The third-order valence-electron chi connectivity index (χ3n) is 4.54. The fourth-order valence-corrected chi connectivity index (χ4v) is 4.04. The van der Waals surface area contributed by atoms with Gasteiger partial charge in [0.25, 0.3) is 11.5 Å². The number of anilines is 1. The minimum atomic E-state index is -0.254. The summed E-state index contributed by atoms with van der Waals surface area (Å²) in [5.74, 6) is -0.0170. The molecule has 0 bridgehead atoms. The molecule has 1 aromatic carbocycles. The van der Waals surface area contributed by atoms with Crippen LogP contribution in [0.15, 0.2) is 29.1 Å². The number of carbonyl (C=O) groups is 2. The molecule has 3 aromatic rings. The summed E-state index contributed by atoms with van der Waals surface area (Å²) in [5.41, 5.74) is 1.63. The molecule has 0 fully saturated rings. The van der Waals surface area contributed by atoms with E-state index in [0.717, 1.165) is 10.4 Å². The minimum absolute atomic E-state index is 0.00593. The van der Waals surface area contributed by atoms with Crippen molar-refractivity contribution in [1.82, 2.24) is 15.3 Å². The number of H-pyrrole nitrogens is 1. The molecule has 0 radical (unpaired) electrons. The van der Waals surface area contributed by atoms with Gasteiger partial charge in [0.2, 0.25) is 5.91 Å². The lowest BCUT2D eigenvalue weighted by atomic mass is 10.1. The summed E-state index contributed by atoms with van der Waals surface area (Å²) in [6.45, 7) is 7.62. The van der Waals surface area contributed by atoms with E-state index in [1.165, 1.54) is 11.3 Å². The van der Waals surface area contributed by atoms with E-state index >= 15 is 0 Å². The van der Waals surface area contributed by atoms with Gasteiger partial charge < -0.3 is 15.6 Å². The number of fused-ring (bicyclic) bond motifs is 1.